The van der Waals surface area contributed by atoms with Crippen molar-refractivity contribution in [1.82, 2.24) is 15.0 Å². The number of nitrogens with zero attached hydrogens (tertiary/aromatic N) is 3. The van der Waals surface area contributed by atoms with Crippen LogP contribution in [0, 0.1) is 0 Å². The third-order valence-electron chi connectivity index (χ3n) is 13.7. The maximum Gasteiger partial charge on any atom is 0.164 e. The first kappa shape index (κ1) is 43.3. The fourth-order valence-corrected chi connectivity index (χ4v) is 10.0. The summed E-state index contributed by atoms with van der Waals surface area (Å²) < 4.78 is 7.06. The predicted octanol–water partition coefficient (Wildman–Crippen LogP) is 18.4. The van der Waals surface area contributed by atoms with Crippen LogP contribution in [-0.2, 0) is 0 Å². The average molecular weight is 932 g/mol. The summed E-state index contributed by atoms with van der Waals surface area (Å²) in [7, 11) is 0. The standard InChI is InChI=1S/C69H45N3O/c1-7-21-46(22-8-1)54-38-55(47-23-9-2-10-24-47)41-59(40-54)68-70-67(71-69(72-68)60-42-56(48-25-11-3-12-26-48)39-57(43-60)49-27-13-4-14-28-49)53-34-19-33-52(37-53)61-35-20-36-62-64-45-58(50-29-15-5-16-30-50)44-63(66(64)73-65(61)62)51-31-17-6-18-32-51/h1-45H. The van der Waals surface area contributed by atoms with Crippen molar-refractivity contribution in [2.24, 2.45) is 0 Å². The van der Waals surface area contributed by atoms with E-state index in [0.717, 1.165) is 117 Å². The van der Waals surface area contributed by atoms with Crippen molar-refractivity contribution in [2.45, 2.75) is 0 Å². The topological polar surface area (TPSA) is 51.8 Å². The van der Waals surface area contributed by atoms with Gasteiger partial charge in [0.15, 0.2) is 17.5 Å². The van der Waals surface area contributed by atoms with Crippen LogP contribution in [0.4, 0.5) is 0 Å². The minimum atomic E-state index is 0.565. The highest BCUT2D eigenvalue weighted by Crippen LogP contribution is 2.43. The van der Waals surface area contributed by atoms with E-state index in [0.29, 0.717) is 17.5 Å². The molecule has 13 aromatic rings. The summed E-state index contributed by atoms with van der Waals surface area (Å²) >= 11 is 0. The van der Waals surface area contributed by atoms with E-state index in [1.54, 1.807) is 0 Å². The van der Waals surface area contributed by atoms with Gasteiger partial charge < -0.3 is 4.42 Å². The summed E-state index contributed by atoms with van der Waals surface area (Å²) in [6, 6.07) is 95.9. The van der Waals surface area contributed by atoms with Gasteiger partial charge >= 0.3 is 0 Å². The minimum Gasteiger partial charge on any atom is -0.455 e. The molecule has 13 rings (SSSR count). The van der Waals surface area contributed by atoms with Crippen molar-refractivity contribution >= 4 is 21.9 Å². The van der Waals surface area contributed by atoms with E-state index >= 15 is 0 Å². The van der Waals surface area contributed by atoms with E-state index in [1.165, 1.54) is 0 Å². The minimum absolute atomic E-state index is 0.565. The van der Waals surface area contributed by atoms with Crippen LogP contribution in [0.3, 0.4) is 0 Å². The van der Waals surface area contributed by atoms with Crippen molar-refractivity contribution in [3.05, 3.63) is 273 Å². The Morgan fingerprint density at radius 1 is 0.192 bits per heavy atom. The van der Waals surface area contributed by atoms with Crippen LogP contribution in [0.25, 0.3) is 134 Å². The smallest absolute Gasteiger partial charge is 0.164 e. The van der Waals surface area contributed by atoms with E-state index in [2.05, 4.69) is 273 Å². The third kappa shape index (κ3) is 8.58. The maximum absolute atomic E-state index is 7.06. The van der Waals surface area contributed by atoms with Gasteiger partial charge in [-0.2, -0.15) is 0 Å². The average Bonchev–Trinajstić information content (AvgIpc) is 3.87. The number of furan rings is 1. The molecule has 0 aliphatic carbocycles. The molecule has 2 aromatic heterocycles. The Balaban J connectivity index is 1.01. The molecular weight excluding hydrogens is 887 g/mol. The second kappa shape index (κ2) is 18.9. The highest BCUT2D eigenvalue weighted by atomic mass is 16.3. The first-order valence-corrected chi connectivity index (χ1v) is 24.6. The molecule has 0 aliphatic rings. The zero-order valence-corrected chi connectivity index (χ0v) is 39.7. The molecule has 0 saturated carbocycles. The predicted molar refractivity (Wildman–Crippen MR) is 301 cm³/mol. The lowest BCUT2D eigenvalue weighted by molar-refractivity contribution is 0.671. The van der Waals surface area contributed by atoms with Gasteiger partial charge in [-0.3, -0.25) is 0 Å². The van der Waals surface area contributed by atoms with Gasteiger partial charge in [0.1, 0.15) is 11.2 Å². The second-order valence-corrected chi connectivity index (χ2v) is 18.4. The molecular formula is C69H45N3O. The summed E-state index contributed by atoms with van der Waals surface area (Å²) in [5, 5.41) is 2.12. The number of fused-ring (bicyclic) bond motifs is 3. The molecule has 4 nitrogen and oxygen atoms in total. The van der Waals surface area contributed by atoms with Gasteiger partial charge in [0.05, 0.1) is 0 Å². The molecule has 0 saturated heterocycles. The molecule has 0 amide bonds. The molecule has 0 N–H and O–H groups in total. The highest BCUT2D eigenvalue weighted by molar-refractivity contribution is 6.14. The molecule has 0 spiro atoms. The van der Waals surface area contributed by atoms with E-state index in [4.69, 9.17) is 19.4 Å². The number of hydrogen-bond acceptors (Lipinski definition) is 4. The molecule has 11 aromatic carbocycles. The SMILES string of the molecule is c1ccc(-c2cc(-c3ccccc3)cc(-c3nc(-c4cc(-c5ccccc5)cc(-c5ccccc5)c4)nc(-c4cccc(-c5cccc6c5oc5c(-c7ccccc7)cc(-c7ccccc7)cc56)c4)n3)c2)cc1. The Hall–Kier alpha value is -9.77. The number of hydrogen-bond donors (Lipinski definition) is 0. The lowest BCUT2D eigenvalue weighted by Gasteiger charge is -2.14. The summed E-state index contributed by atoms with van der Waals surface area (Å²) in [6.07, 6.45) is 0. The van der Waals surface area contributed by atoms with E-state index in [9.17, 15) is 0 Å². The van der Waals surface area contributed by atoms with Gasteiger partial charge in [0.25, 0.3) is 0 Å². The fraction of sp³-hybridized carbons (Fsp3) is 0. The zero-order valence-electron chi connectivity index (χ0n) is 39.7. The highest BCUT2D eigenvalue weighted by Gasteiger charge is 2.21. The lowest BCUT2D eigenvalue weighted by atomic mass is 9.95. The van der Waals surface area contributed by atoms with Crippen LogP contribution < -0.4 is 0 Å². The van der Waals surface area contributed by atoms with Crippen LogP contribution in [0.5, 0.6) is 0 Å². The van der Waals surface area contributed by atoms with Gasteiger partial charge in [-0.05, 0) is 121 Å². The maximum atomic E-state index is 7.06. The van der Waals surface area contributed by atoms with Crippen LogP contribution in [-0.4, -0.2) is 15.0 Å². The molecule has 342 valence electrons. The summed E-state index contributed by atoms with van der Waals surface area (Å²) in [5.74, 6) is 1.72. The molecule has 0 bridgehead atoms. The van der Waals surface area contributed by atoms with Crippen LogP contribution in [0.2, 0.25) is 0 Å². The fourth-order valence-electron chi connectivity index (χ4n) is 10.0. The summed E-state index contributed by atoms with van der Waals surface area (Å²) in [5.41, 5.74) is 19.5. The quantitative estimate of drug-likeness (QED) is 0.137. The van der Waals surface area contributed by atoms with Gasteiger partial charge in [-0.25, -0.2) is 15.0 Å². The summed E-state index contributed by atoms with van der Waals surface area (Å²) in [6.45, 7) is 0. The molecule has 0 unspecified atom stereocenters. The van der Waals surface area contributed by atoms with Crippen molar-refractivity contribution in [3.63, 3.8) is 0 Å². The van der Waals surface area contributed by atoms with Gasteiger partial charge in [0.2, 0.25) is 0 Å². The number of aromatic nitrogens is 3. The number of para-hydroxylation sites is 1. The Morgan fingerprint density at radius 2 is 0.507 bits per heavy atom. The van der Waals surface area contributed by atoms with Gasteiger partial charge in [-0.1, -0.05) is 218 Å². The van der Waals surface area contributed by atoms with Crippen molar-refractivity contribution in [1.29, 1.82) is 0 Å². The van der Waals surface area contributed by atoms with Crippen molar-refractivity contribution in [3.8, 4) is 112 Å². The Kier molecular flexibility index (Phi) is 11.2. The first-order chi connectivity index (χ1) is 36.1. The number of rotatable bonds is 10. The lowest BCUT2D eigenvalue weighted by Crippen LogP contribution is -2.01. The molecule has 4 heteroatoms. The van der Waals surface area contributed by atoms with Crippen LogP contribution >= 0.6 is 0 Å². The van der Waals surface area contributed by atoms with Gasteiger partial charge in [0, 0.05) is 38.6 Å². The first-order valence-electron chi connectivity index (χ1n) is 24.6. The van der Waals surface area contributed by atoms with Gasteiger partial charge in [-0.15, -0.1) is 0 Å². The Bertz CT molecular complexity index is 3840. The Labute approximate surface area is 424 Å². The van der Waals surface area contributed by atoms with Crippen LogP contribution in [0.15, 0.2) is 277 Å². The molecule has 0 radical (unpaired) electrons. The second-order valence-electron chi connectivity index (χ2n) is 18.4. The van der Waals surface area contributed by atoms with E-state index in [1.807, 2.05) is 0 Å². The molecule has 73 heavy (non-hydrogen) atoms. The molecule has 0 aliphatic heterocycles. The Morgan fingerprint density at radius 3 is 0.945 bits per heavy atom. The van der Waals surface area contributed by atoms with Crippen molar-refractivity contribution in [2.75, 3.05) is 0 Å². The molecule has 2 heterocycles. The van der Waals surface area contributed by atoms with Crippen LogP contribution in [0.1, 0.15) is 0 Å². The number of benzene rings is 11. The van der Waals surface area contributed by atoms with E-state index in [-0.39, 0.29) is 0 Å². The normalized spacial score (nSPS) is 11.3. The molecule has 0 fully saturated rings. The van der Waals surface area contributed by atoms with E-state index < -0.39 is 0 Å². The monoisotopic (exact) mass is 931 g/mol. The molecule has 0 atom stereocenters. The summed E-state index contributed by atoms with van der Waals surface area (Å²) in [4.78, 5) is 16.2. The largest absolute Gasteiger partial charge is 0.455 e. The zero-order chi connectivity index (χ0) is 48.5. The van der Waals surface area contributed by atoms with Crippen molar-refractivity contribution < 1.29 is 4.42 Å². The third-order valence-corrected chi connectivity index (χ3v) is 13.7.